The van der Waals surface area contributed by atoms with E-state index in [1.807, 2.05) is 0 Å². The molecular weight excluding hydrogens is 242 g/mol. The molecule has 0 saturated heterocycles. The minimum atomic E-state index is 0.979. The monoisotopic (exact) mass is 267 g/mol. The SMILES string of the molecule is Cc1cc(C)c(CNCCCc2ccccc2)c(C)c1. The van der Waals surface area contributed by atoms with E-state index in [2.05, 4.69) is 68.6 Å². The molecule has 1 N–H and O–H groups in total. The molecule has 0 radical (unpaired) electrons. The van der Waals surface area contributed by atoms with Crippen LogP contribution in [0.1, 0.15) is 34.2 Å². The third kappa shape index (κ3) is 4.21. The highest BCUT2D eigenvalue weighted by Crippen LogP contribution is 2.16. The minimum absolute atomic E-state index is 0.979. The Hall–Kier alpha value is -1.60. The van der Waals surface area contributed by atoms with Crippen molar-refractivity contribution in [2.45, 2.75) is 40.2 Å². The van der Waals surface area contributed by atoms with E-state index in [-0.39, 0.29) is 0 Å². The van der Waals surface area contributed by atoms with E-state index in [1.54, 1.807) is 0 Å². The molecule has 0 aliphatic carbocycles. The summed E-state index contributed by atoms with van der Waals surface area (Å²) in [5, 5.41) is 3.57. The Morgan fingerprint density at radius 1 is 0.900 bits per heavy atom. The number of hydrogen-bond acceptors (Lipinski definition) is 1. The van der Waals surface area contributed by atoms with E-state index in [0.29, 0.717) is 0 Å². The highest BCUT2D eigenvalue weighted by atomic mass is 14.8. The summed E-state index contributed by atoms with van der Waals surface area (Å²) in [4.78, 5) is 0. The second-order valence-corrected chi connectivity index (χ2v) is 5.64. The van der Waals surface area contributed by atoms with Crippen LogP contribution < -0.4 is 5.32 Å². The van der Waals surface area contributed by atoms with Crippen molar-refractivity contribution >= 4 is 0 Å². The normalized spacial score (nSPS) is 10.8. The first-order valence-electron chi connectivity index (χ1n) is 7.48. The molecule has 20 heavy (non-hydrogen) atoms. The van der Waals surface area contributed by atoms with Crippen molar-refractivity contribution in [1.82, 2.24) is 5.32 Å². The van der Waals surface area contributed by atoms with Crippen molar-refractivity contribution in [2.24, 2.45) is 0 Å². The van der Waals surface area contributed by atoms with Crippen molar-refractivity contribution in [2.75, 3.05) is 6.54 Å². The molecule has 2 aromatic carbocycles. The molecule has 0 fully saturated rings. The fourth-order valence-corrected chi connectivity index (χ4v) is 2.76. The second-order valence-electron chi connectivity index (χ2n) is 5.64. The van der Waals surface area contributed by atoms with Crippen LogP contribution in [0.3, 0.4) is 0 Å². The zero-order chi connectivity index (χ0) is 14.4. The van der Waals surface area contributed by atoms with Gasteiger partial charge in [-0.1, -0.05) is 48.0 Å². The topological polar surface area (TPSA) is 12.0 Å². The predicted molar refractivity (Wildman–Crippen MR) is 87.1 cm³/mol. The van der Waals surface area contributed by atoms with Crippen LogP contribution in [0.4, 0.5) is 0 Å². The smallest absolute Gasteiger partial charge is 0.0210 e. The van der Waals surface area contributed by atoms with Gasteiger partial charge in [-0.15, -0.1) is 0 Å². The largest absolute Gasteiger partial charge is 0.313 e. The second kappa shape index (κ2) is 7.25. The Morgan fingerprint density at radius 3 is 2.20 bits per heavy atom. The van der Waals surface area contributed by atoms with Crippen LogP contribution >= 0.6 is 0 Å². The van der Waals surface area contributed by atoms with Gasteiger partial charge in [-0.25, -0.2) is 0 Å². The van der Waals surface area contributed by atoms with E-state index in [1.165, 1.54) is 34.2 Å². The standard InChI is InChI=1S/C19H25N/c1-15-12-16(2)19(17(3)13-15)14-20-11-7-10-18-8-5-4-6-9-18/h4-6,8-9,12-13,20H,7,10-11,14H2,1-3H3. The molecule has 1 heteroatoms. The molecule has 0 aliphatic rings. The fourth-order valence-electron chi connectivity index (χ4n) is 2.76. The molecule has 2 rings (SSSR count). The predicted octanol–water partition coefficient (Wildman–Crippen LogP) is 4.33. The van der Waals surface area contributed by atoms with E-state index in [4.69, 9.17) is 0 Å². The van der Waals surface area contributed by atoms with Crippen LogP contribution in [0.25, 0.3) is 0 Å². The molecule has 0 aromatic heterocycles. The lowest BCUT2D eigenvalue weighted by Gasteiger charge is -2.12. The Bertz CT molecular complexity index is 520. The average molecular weight is 267 g/mol. The molecule has 0 saturated carbocycles. The first-order chi connectivity index (χ1) is 9.66. The maximum atomic E-state index is 3.57. The quantitative estimate of drug-likeness (QED) is 0.768. The van der Waals surface area contributed by atoms with Gasteiger partial charge in [0, 0.05) is 6.54 Å². The number of benzene rings is 2. The molecule has 0 unspecified atom stereocenters. The Kier molecular flexibility index (Phi) is 5.37. The number of aryl methyl sites for hydroxylation is 4. The van der Waals surface area contributed by atoms with Crippen molar-refractivity contribution in [3.63, 3.8) is 0 Å². The van der Waals surface area contributed by atoms with Gasteiger partial charge in [-0.2, -0.15) is 0 Å². The molecule has 106 valence electrons. The zero-order valence-electron chi connectivity index (χ0n) is 12.9. The van der Waals surface area contributed by atoms with Gasteiger partial charge in [0.1, 0.15) is 0 Å². The molecule has 0 heterocycles. The summed E-state index contributed by atoms with van der Waals surface area (Å²) >= 11 is 0. The van der Waals surface area contributed by atoms with Gasteiger partial charge < -0.3 is 5.32 Å². The highest BCUT2D eigenvalue weighted by Gasteiger charge is 2.03. The maximum absolute atomic E-state index is 3.57. The molecule has 0 bridgehead atoms. The van der Waals surface area contributed by atoms with E-state index in [9.17, 15) is 0 Å². The first-order valence-corrected chi connectivity index (χ1v) is 7.48. The summed E-state index contributed by atoms with van der Waals surface area (Å²) < 4.78 is 0. The van der Waals surface area contributed by atoms with Crippen LogP contribution in [0, 0.1) is 20.8 Å². The summed E-state index contributed by atoms with van der Waals surface area (Å²) in [5.41, 5.74) is 7.04. The van der Waals surface area contributed by atoms with Crippen molar-refractivity contribution < 1.29 is 0 Å². The van der Waals surface area contributed by atoms with Gasteiger partial charge in [0.15, 0.2) is 0 Å². The summed E-state index contributed by atoms with van der Waals surface area (Å²) in [7, 11) is 0. The number of hydrogen-bond donors (Lipinski definition) is 1. The van der Waals surface area contributed by atoms with E-state index < -0.39 is 0 Å². The summed E-state index contributed by atoms with van der Waals surface area (Å²) in [6.45, 7) is 8.63. The zero-order valence-corrected chi connectivity index (χ0v) is 12.9. The van der Waals surface area contributed by atoms with Crippen molar-refractivity contribution in [3.05, 3.63) is 70.3 Å². The summed E-state index contributed by atoms with van der Waals surface area (Å²) in [6.07, 6.45) is 2.34. The van der Waals surface area contributed by atoms with Crippen LogP contribution in [-0.4, -0.2) is 6.54 Å². The summed E-state index contributed by atoms with van der Waals surface area (Å²) in [5.74, 6) is 0. The molecule has 1 nitrogen and oxygen atoms in total. The van der Waals surface area contributed by atoms with Gasteiger partial charge >= 0.3 is 0 Å². The Morgan fingerprint density at radius 2 is 1.55 bits per heavy atom. The lowest BCUT2D eigenvalue weighted by Crippen LogP contribution is -2.17. The van der Waals surface area contributed by atoms with E-state index in [0.717, 1.165) is 19.5 Å². The highest BCUT2D eigenvalue weighted by molar-refractivity contribution is 5.37. The van der Waals surface area contributed by atoms with Crippen molar-refractivity contribution in [3.8, 4) is 0 Å². The third-order valence-corrected chi connectivity index (χ3v) is 3.80. The van der Waals surface area contributed by atoms with Crippen LogP contribution in [0.5, 0.6) is 0 Å². The Balaban J connectivity index is 1.76. The molecule has 0 spiro atoms. The van der Waals surface area contributed by atoms with Gasteiger partial charge in [0.05, 0.1) is 0 Å². The number of rotatable bonds is 6. The van der Waals surface area contributed by atoms with Gasteiger partial charge in [0.2, 0.25) is 0 Å². The summed E-state index contributed by atoms with van der Waals surface area (Å²) in [6, 6.07) is 15.2. The third-order valence-electron chi connectivity index (χ3n) is 3.80. The first kappa shape index (κ1) is 14.8. The lowest BCUT2D eigenvalue weighted by atomic mass is 10.00. The molecule has 0 aliphatic heterocycles. The lowest BCUT2D eigenvalue weighted by molar-refractivity contribution is 0.646. The van der Waals surface area contributed by atoms with Crippen molar-refractivity contribution in [1.29, 1.82) is 0 Å². The molecule has 2 aromatic rings. The van der Waals surface area contributed by atoms with E-state index >= 15 is 0 Å². The Labute approximate surface area is 123 Å². The maximum Gasteiger partial charge on any atom is 0.0210 e. The average Bonchev–Trinajstić information content (AvgIpc) is 2.42. The fraction of sp³-hybridized carbons (Fsp3) is 0.368. The van der Waals surface area contributed by atoms with Gasteiger partial charge in [-0.05, 0) is 62.4 Å². The minimum Gasteiger partial charge on any atom is -0.313 e. The molecule has 0 amide bonds. The van der Waals surface area contributed by atoms with Crippen LogP contribution in [0.15, 0.2) is 42.5 Å². The van der Waals surface area contributed by atoms with Crippen LogP contribution in [0.2, 0.25) is 0 Å². The number of nitrogens with one attached hydrogen (secondary N) is 1. The molecular formula is C19H25N. The molecule has 0 atom stereocenters. The van der Waals surface area contributed by atoms with Gasteiger partial charge in [0.25, 0.3) is 0 Å². The van der Waals surface area contributed by atoms with Gasteiger partial charge in [-0.3, -0.25) is 0 Å². The van der Waals surface area contributed by atoms with Crippen LogP contribution in [-0.2, 0) is 13.0 Å².